The first-order valence-corrected chi connectivity index (χ1v) is 6.09. The third-order valence-corrected chi connectivity index (χ3v) is 3.27. The van der Waals surface area contributed by atoms with E-state index in [0.29, 0.717) is 18.2 Å². The smallest absolute Gasteiger partial charge is 0.380 e. The molecule has 0 aliphatic heterocycles. The van der Waals surface area contributed by atoms with E-state index < -0.39 is 51.5 Å². The summed E-state index contributed by atoms with van der Waals surface area (Å²) in [7, 11) is 0. The maximum Gasteiger partial charge on any atom is 0.380 e. The molecule has 1 unspecified atom stereocenters. The number of aliphatic hydroxyl groups is 1. The van der Waals surface area contributed by atoms with Gasteiger partial charge in [0.05, 0.1) is 9.95 Å². The van der Waals surface area contributed by atoms with Gasteiger partial charge in [-0.05, 0) is 6.07 Å². The Morgan fingerprint density at radius 1 is 1.08 bits per heavy atom. The van der Waals surface area contributed by atoms with Crippen molar-refractivity contribution in [2.24, 2.45) is 0 Å². The summed E-state index contributed by atoms with van der Waals surface area (Å²) in [5.74, 6) is -19.2. The van der Waals surface area contributed by atoms with Crippen LogP contribution in [-0.4, -0.2) is 34.2 Å². The molecule has 1 atom stereocenters. The normalized spacial score (nSPS) is 14.8. The maximum absolute atomic E-state index is 13.6. The van der Waals surface area contributed by atoms with Gasteiger partial charge in [-0.25, -0.2) is 8.78 Å². The summed E-state index contributed by atoms with van der Waals surface area (Å²) in [5, 5.41) is 18.7. The Bertz CT molecular complexity index is 640. The van der Waals surface area contributed by atoms with Crippen LogP contribution in [0, 0.1) is 10.1 Å². The van der Waals surface area contributed by atoms with Crippen LogP contribution in [0.1, 0.15) is 11.7 Å². The Hall–Kier alpha value is -1.69. The molecule has 0 aromatic heterocycles. The summed E-state index contributed by atoms with van der Waals surface area (Å²) in [5.41, 5.74) is -2.05. The minimum atomic E-state index is -6.64. The van der Waals surface area contributed by atoms with Crippen LogP contribution >= 0.6 is 11.6 Å². The van der Waals surface area contributed by atoms with Crippen molar-refractivity contribution < 1.29 is 45.2 Å². The summed E-state index contributed by atoms with van der Waals surface area (Å²) in [6.07, 6.45) is -8.87. The molecule has 0 radical (unpaired) electrons. The molecule has 0 spiro atoms. The van der Waals surface area contributed by atoms with E-state index in [9.17, 15) is 50.3 Å². The Morgan fingerprint density at radius 2 is 1.58 bits per heavy atom. The van der Waals surface area contributed by atoms with Crippen molar-refractivity contribution >= 4 is 17.3 Å². The van der Waals surface area contributed by atoms with Crippen molar-refractivity contribution in [1.82, 2.24) is 0 Å². The topological polar surface area (TPSA) is 63.4 Å². The van der Waals surface area contributed by atoms with Crippen molar-refractivity contribution in [3.05, 3.63) is 38.9 Å². The van der Waals surface area contributed by atoms with Gasteiger partial charge in [0.25, 0.3) is 5.69 Å². The van der Waals surface area contributed by atoms with Gasteiger partial charge < -0.3 is 5.11 Å². The third-order valence-electron chi connectivity index (χ3n) is 2.94. The highest BCUT2D eigenvalue weighted by Crippen LogP contribution is 2.53. The van der Waals surface area contributed by atoms with E-state index in [4.69, 9.17) is 11.6 Å². The Balaban J connectivity index is 3.35. The number of benzene rings is 1. The fourth-order valence-electron chi connectivity index (χ4n) is 1.58. The highest BCUT2D eigenvalue weighted by molar-refractivity contribution is 6.31. The summed E-state index contributed by atoms with van der Waals surface area (Å²) >= 11 is 5.32. The number of hydrogen-bond acceptors (Lipinski definition) is 3. The van der Waals surface area contributed by atoms with Crippen LogP contribution in [0.5, 0.6) is 0 Å². The number of aliphatic hydroxyl groups excluding tert-OH is 1. The SMILES string of the molecule is O=[N+]([O-])c1ccc(C(O)C(F)(F)C(F)(F)C(F)(F)C(F)F)c(Cl)c1. The molecule has 4 nitrogen and oxygen atoms in total. The molecule has 0 fully saturated rings. The summed E-state index contributed by atoms with van der Waals surface area (Å²) in [6, 6.07) is 1.18. The van der Waals surface area contributed by atoms with Gasteiger partial charge in [0, 0.05) is 17.7 Å². The predicted octanol–water partition coefficient (Wildman–Crippen LogP) is 4.45. The number of hydrogen-bond donors (Lipinski definition) is 1. The molecular formula is C11H6ClF8NO3. The van der Waals surface area contributed by atoms with Crippen LogP contribution in [0.25, 0.3) is 0 Å². The van der Waals surface area contributed by atoms with E-state index in [1.807, 2.05) is 0 Å². The van der Waals surface area contributed by atoms with Gasteiger partial charge in [0.1, 0.15) is 0 Å². The third kappa shape index (κ3) is 3.11. The molecule has 0 heterocycles. The lowest BCUT2D eigenvalue weighted by Crippen LogP contribution is -2.59. The van der Waals surface area contributed by atoms with Gasteiger partial charge in [0.2, 0.25) is 0 Å². The van der Waals surface area contributed by atoms with Crippen molar-refractivity contribution in [3.8, 4) is 0 Å². The summed E-state index contributed by atoms with van der Waals surface area (Å²) in [4.78, 5) is 9.39. The summed E-state index contributed by atoms with van der Waals surface area (Å²) in [6.45, 7) is 0. The van der Waals surface area contributed by atoms with Crippen LogP contribution in [-0.2, 0) is 0 Å². The van der Waals surface area contributed by atoms with Crippen LogP contribution in [0.3, 0.4) is 0 Å². The minimum absolute atomic E-state index is 0.315. The highest BCUT2D eigenvalue weighted by Gasteiger charge is 2.77. The lowest BCUT2D eigenvalue weighted by Gasteiger charge is -2.35. The molecular weight excluding hydrogens is 382 g/mol. The number of rotatable bonds is 6. The van der Waals surface area contributed by atoms with Crippen LogP contribution in [0.2, 0.25) is 5.02 Å². The fourth-order valence-corrected chi connectivity index (χ4v) is 1.86. The van der Waals surface area contributed by atoms with Crippen molar-refractivity contribution in [2.45, 2.75) is 30.3 Å². The lowest BCUT2D eigenvalue weighted by molar-refractivity contribution is -0.384. The second-order valence-corrected chi connectivity index (χ2v) is 4.89. The number of nitro groups is 1. The number of nitrogens with zero attached hydrogens (tertiary/aromatic N) is 1. The first-order valence-electron chi connectivity index (χ1n) is 5.71. The van der Waals surface area contributed by atoms with Gasteiger partial charge in [0.15, 0.2) is 6.10 Å². The molecule has 0 aliphatic carbocycles. The standard InChI is InChI=1S/C11H6ClF8NO3/c12-6-3-4(21(23)24)1-2-5(6)7(22)9(15,16)11(19,20)10(17,18)8(13)14/h1-3,7-8,22H. The molecule has 24 heavy (non-hydrogen) atoms. The average molecular weight is 388 g/mol. The Morgan fingerprint density at radius 3 is 1.96 bits per heavy atom. The van der Waals surface area contributed by atoms with E-state index in [2.05, 4.69) is 0 Å². The van der Waals surface area contributed by atoms with Crippen molar-refractivity contribution in [2.75, 3.05) is 0 Å². The van der Waals surface area contributed by atoms with Gasteiger partial charge in [-0.3, -0.25) is 10.1 Å². The number of nitro benzene ring substituents is 1. The molecule has 1 N–H and O–H groups in total. The second-order valence-electron chi connectivity index (χ2n) is 4.49. The molecule has 0 saturated carbocycles. The first-order chi connectivity index (χ1) is 10.7. The van der Waals surface area contributed by atoms with Gasteiger partial charge >= 0.3 is 24.2 Å². The number of halogens is 9. The largest absolute Gasteiger partial charge is 0.382 e. The highest BCUT2D eigenvalue weighted by atomic mass is 35.5. The Kier molecular flexibility index (Phi) is 5.36. The quantitative estimate of drug-likeness (QED) is 0.445. The fraction of sp³-hybridized carbons (Fsp3) is 0.455. The first kappa shape index (κ1) is 20.4. The molecule has 0 saturated heterocycles. The van der Waals surface area contributed by atoms with Crippen molar-refractivity contribution in [3.63, 3.8) is 0 Å². The van der Waals surface area contributed by atoms with E-state index in [1.165, 1.54) is 0 Å². The maximum atomic E-state index is 13.6. The van der Waals surface area contributed by atoms with E-state index in [0.717, 1.165) is 0 Å². The Labute approximate surface area is 132 Å². The molecule has 1 aromatic rings. The van der Waals surface area contributed by atoms with Gasteiger partial charge in [-0.2, -0.15) is 26.3 Å². The zero-order valence-corrected chi connectivity index (χ0v) is 11.8. The van der Waals surface area contributed by atoms with E-state index in [1.54, 1.807) is 0 Å². The zero-order chi connectivity index (χ0) is 19.1. The molecule has 13 heteroatoms. The predicted molar refractivity (Wildman–Crippen MR) is 63.9 cm³/mol. The van der Waals surface area contributed by atoms with E-state index >= 15 is 0 Å². The second kappa shape index (κ2) is 6.31. The monoisotopic (exact) mass is 387 g/mol. The molecule has 1 aromatic carbocycles. The van der Waals surface area contributed by atoms with Crippen LogP contribution in [0.15, 0.2) is 18.2 Å². The van der Waals surface area contributed by atoms with Crippen LogP contribution < -0.4 is 0 Å². The van der Waals surface area contributed by atoms with Crippen LogP contribution in [0.4, 0.5) is 40.8 Å². The summed E-state index contributed by atoms with van der Waals surface area (Å²) < 4.78 is 103. The molecule has 0 amide bonds. The molecule has 0 aliphatic rings. The minimum Gasteiger partial charge on any atom is -0.382 e. The molecule has 136 valence electrons. The zero-order valence-electron chi connectivity index (χ0n) is 11.0. The number of non-ortho nitro benzene ring substituents is 1. The molecule has 0 bridgehead atoms. The van der Waals surface area contributed by atoms with Gasteiger partial charge in [-0.1, -0.05) is 11.6 Å². The lowest BCUT2D eigenvalue weighted by atomic mass is 9.94. The van der Waals surface area contributed by atoms with Gasteiger partial charge in [-0.15, -0.1) is 0 Å². The van der Waals surface area contributed by atoms with E-state index in [-0.39, 0.29) is 0 Å². The number of alkyl halides is 8. The molecule has 1 rings (SSSR count). The average Bonchev–Trinajstić information content (AvgIpc) is 2.45. The van der Waals surface area contributed by atoms with Crippen molar-refractivity contribution in [1.29, 1.82) is 0 Å².